The predicted molar refractivity (Wildman–Crippen MR) is 94.7 cm³/mol. The highest BCUT2D eigenvalue weighted by Crippen LogP contribution is 2.26. The average molecular weight is 342 g/mol. The number of nitrogens with one attached hydrogen (secondary N) is 1. The maximum absolute atomic E-state index is 11.2. The van der Waals surface area contributed by atoms with Crippen molar-refractivity contribution in [3.05, 3.63) is 57.2 Å². The van der Waals surface area contributed by atoms with Gasteiger partial charge in [-0.05, 0) is 23.6 Å². The van der Waals surface area contributed by atoms with Crippen LogP contribution in [0.5, 0.6) is 0 Å². The molecule has 2 aromatic rings. The number of aromatic carboxylic acids is 1. The Balaban J connectivity index is 2.36. The summed E-state index contributed by atoms with van der Waals surface area (Å²) in [6.07, 6.45) is 4.51. The number of nitro groups is 1. The van der Waals surface area contributed by atoms with E-state index in [1.165, 1.54) is 12.3 Å². The average Bonchev–Trinajstić information content (AvgIpc) is 2.59. The van der Waals surface area contributed by atoms with Gasteiger partial charge in [0, 0.05) is 19.3 Å². The summed E-state index contributed by atoms with van der Waals surface area (Å²) < 4.78 is 0. The Labute approximate surface area is 144 Å². The van der Waals surface area contributed by atoms with Gasteiger partial charge in [0.15, 0.2) is 5.82 Å². The fraction of sp³-hybridized carbons (Fsp3) is 0.235. The van der Waals surface area contributed by atoms with Crippen molar-refractivity contribution in [1.29, 1.82) is 0 Å². The molecule has 0 aliphatic heterocycles. The van der Waals surface area contributed by atoms with Gasteiger partial charge in [-0.2, -0.15) is 0 Å². The van der Waals surface area contributed by atoms with E-state index in [4.69, 9.17) is 0 Å². The molecule has 0 saturated carbocycles. The smallest absolute Gasteiger partial charge is 0.339 e. The summed E-state index contributed by atoms with van der Waals surface area (Å²) in [6.45, 7) is 3.70. The van der Waals surface area contributed by atoms with Gasteiger partial charge in [0.05, 0.1) is 16.2 Å². The first kappa shape index (κ1) is 18.1. The second-order valence-electron chi connectivity index (χ2n) is 5.60. The van der Waals surface area contributed by atoms with E-state index in [0.29, 0.717) is 22.8 Å². The summed E-state index contributed by atoms with van der Waals surface area (Å²) in [5.41, 5.74) is 1.52. The van der Waals surface area contributed by atoms with Crippen molar-refractivity contribution < 1.29 is 14.8 Å². The van der Waals surface area contributed by atoms with Crippen molar-refractivity contribution in [2.45, 2.75) is 19.8 Å². The van der Waals surface area contributed by atoms with E-state index in [1.807, 2.05) is 13.8 Å². The molecule has 0 amide bonds. The molecule has 0 spiro atoms. The van der Waals surface area contributed by atoms with Crippen molar-refractivity contribution in [2.75, 3.05) is 12.4 Å². The lowest BCUT2D eigenvalue weighted by atomic mass is 10.1. The number of hydrogen-bond donors (Lipinski definition) is 2. The molecule has 1 aromatic carbocycles. The zero-order valence-electron chi connectivity index (χ0n) is 14.1. The number of anilines is 1. The lowest BCUT2D eigenvalue weighted by Gasteiger charge is -2.08. The summed E-state index contributed by atoms with van der Waals surface area (Å²) in [4.78, 5) is 30.1. The molecule has 0 bridgehead atoms. The topological polar surface area (TPSA) is 118 Å². The monoisotopic (exact) mass is 342 g/mol. The first-order chi connectivity index (χ1) is 11.8. The third kappa shape index (κ3) is 4.17. The van der Waals surface area contributed by atoms with Gasteiger partial charge in [-0.1, -0.05) is 26.0 Å². The van der Waals surface area contributed by atoms with Crippen molar-refractivity contribution in [3.63, 3.8) is 0 Å². The number of benzene rings is 1. The third-order valence-electron chi connectivity index (χ3n) is 3.53. The minimum absolute atomic E-state index is 0.0327. The van der Waals surface area contributed by atoms with Crippen LogP contribution in [-0.4, -0.2) is 33.0 Å². The number of hydrogen-bond acceptors (Lipinski definition) is 6. The minimum atomic E-state index is -1.07. The summed E-state index contributed by atoms with van der Waals surface area (Å²) in [6, 6.07) is 4.79. The minimum Gasteiger partial charge on any atom is -0.478 e. The molecule has 130 valence electrons. The molecule has 8 nitrogen and oxygen atoms in total. The highest BCUT2D eigenvalue weighted by Gasteiger charge is 2.16. The van der Waals surface area contributed by atoms with Gasteiger partial charge >= 0.3 is 5.97 Å². The Morgan fingerprint density at radius 1 is 1.36 bits per heavy atom. The summed E-state index contributed by atoms with van der Waals surface area (Å²) in [5.74, 6) is -0.802. The van der Waals surface area contributed by atoms with Crippen LogP contribution in [0.4, 0.5) is 11.4 Å². The number of carboxylic acids is 1. The molecular formula is C17H18N4O4. The van der Waals surface area contributed by atoms with Crippen LogP contribution in [0.15, 0.2) is 24.4 Å². The van der Waals surface area contributed by atoms with E-state index in [2.05, 4.69) is 15.3 Å². The molecule has 1 heterocycles. The highest BCUT2D eigenvalue weighted by molar-refractivity contribution is 5.88. The van der Waals surface area contributed by atoms with Crippen LogP contribution in [0.1, 0.15) is 47.2 Å². The summed E-state index contributed by atoms with van der Waals surface area (Å²) in [7, 11) is 1.61. The standard InChI is InChI=1S/C17H18N4O4/c1-10(2)16-12(17(22)23)9-19-15(20-16)7-5-11-4-6-13(18-3)14(8-11)21(24)25/h4-10,18H,1-3H3,(H,22,23)/b7-5+. The lowest BCUT2D eigenvalue weighted by molar-refractivity contribution is -0.383. The van der Waals surface area contributed by atoms with E-state index in [1.54, 1.807) is 31.3 Å². The van der Waals surface area contributed by atoms with Gasteiger partial charge in [0.25, 0.3) is 5.69 Å². The van der Waals surface area contributed by atoms with Crippen molar-refractivity contribution in [1.82, 2.24) is 9.97 Å². The second kappa shape index (κ2) is 7.52. The molecule has 0 radical (unpaired) electrons. The highest BCUT2D eigenvalue weighted by atomic mass is 16.6. The molecule has 25 heavy (non-hydrogen) atoms. The molecule has 0 unspecified atom stereocenters. The first-order valence-corrected chi connectivity index (χ1v) is 7.58. The van der Waals surface area contributed by atoms with Crippen molar-refractivity contribution in [3.8, 4) is 0 Å². The quantitative estimate of drug-likeness (QED) is 0.610. The number of carbonyl (C=O) groups is 1. The Bertz CT molecular complexity index is 847. The molecule has 0 fully saturated rings. The van der Waals surface area contributed by atoms with E-state index >= 15 is 0 Å². The van der Waals surface area contributed by atoms with E-state index < -0.39 is 10.9 Å². The number of nitro benzene ring substituents is 1. The van der Waals surface area contributed by atoms with Crippen LogP contribution in [0, 0.1) is 10.1 Å². The van der Waals surface area contributed by atoms with E-state index in [9.17, 15) is 20.0 Å². The normalized spacial score (nSPS) is 11.0. The van der Waals surface area contributed by atoms with E-state index in [0.717, 1.165) is 0 Å². The van der Waals surface area contributed by atoms with Crippen LogP contribution in [-0.2, 0) is 0 Å². The SMILES string of the molecule is CNc1ccc(/C=C/c2ncc(C(=O)O)c(C(C)C)n2)cc1[N+](=O)[O-]. The summed E-state index contributed by atoms with van der Waals surface area (Å²) >= 11 is 0. The third-order valence-corrected chi connectivity index (χ3v) is 3.53. The molecular weight excluding hydrogens is 324 g/mol. The van der Waals surface area contributed by atoms with Crippen LogP contribution in [0.2, 0.25) is 0 Å². The van der Waals surface area contributed by atoms with Gasteiger partial charge in [-0.15, -0.1) is 0 Å². The maximum Gasteiger partial charge on any atom is 0.339 e. The molecule has 0 aliphatic carbocycles. The Morgan fingerprint density at radius 3 is 2.64 bits per heavy atom. The Kier molecular flexibility index (Phi) is 5.43. The number of nitrogens with zero attached hydrogens (tertiary/aromatic N) is 3. The first-order valence-electron chi connectivity index (χ1n) is 7.58. The molecule has 2 rings (SSSR count). The van der Waals surface area contributed by atoms with Gasteiger partial charge in [-0.25, -0.2) is 14.8 Å². The molecule has 2 N–H and O–H groups in total. The van der Waals surface area contributed by atoms with Gasteiger partial charge in [-0.3, -0.25) is 10.1 Å². The van der Waals surface area contributed by atoms with Gasteiger partial charge < -0.3 is 10.4 Å². The summed E-state index contributed by atoms with van der Waals surface area (Å²) in [5, 5.41) is 23.0. The lowest BCUT2D eigenvalue weighted by Crippen LogP contribution is -2.08. The number of rotatable bonds is 6. The Hall–Kier alpha value is -3.29. The molecule has 1 aromatic heterocycles. The fourth-order valence-corrected chi connectivity index (χ4v) is 2.28. The molecule has 0 saturated heterocycles. The zero-order chi connectivity index (χ0) is 18.6. The maximum atomic E-state index is 11.2. The van der Waals surface area contributed by atoms with Gasteiger partial charge in [0.2, 0.25) is 0 Å². The predicted octanol–water partition coefficient (Wildman–Crippen LogP) is 3.42. The molecule has 0 aliphatic rings. The van der Waals surface area contributed by atoms with Gasteiger partial charge in [0.1, 0.15) is 5.69 Å². The van der Waals surface area contributed by atoms with Crippen LogP contribution in [0.25, 0.3) is 12.2 Å². The molecule has 8 heteroatoms. The second-order valence-corrected chi connectivity index (χ2v) is 5.60. The van der Waals surface area contributed by atoms with Crippen molar-refractivity contribution in [2.24, 2.45) is 0 Å². The van der Waals surface area contributed by atoms with E-state index in [-0.39, 0.29) is 17.2 Å². The fourth-order valence-electron chi connectivity index (χ4n) is 2.28. The van der Waals surface area contributed by atoms with Crippen LogP contribution in [0.3, 0.4) is 0 Å². The largest absolute Gasteiger partial charge is 0.478 e. The number of carboxylic acid groups (broad SMARTS) is 1. The zero-order valence-corrected chi connectivity index (χ0v) is 14.1. The van der Waals surface area contributed by atoms with Crippen LogP contribution < -0.4 is 5.32 Å². The van der Waals surface area contributed by atoms with Crippen molar-refractivity contribution >= 4 is 29.5 Å². The molecule has 0 atom stereocenters. The number of aromatic nitrogens is 2. The Morgan fingerprint density at radius 2 is 2.08 bits per heavy atom. The van der Waals surface area contributed by atoms with Crippen LogP contribution >= 0.6 is 0 Å².